The number of rotatable bonds is 8. The number of nitrogens with zero attached hydrogens (tertiary/aromatic N) is 3. The van der Waals surface area contributed by atoms with Gasteiger partial charge in [-0.1, -0.05) is 151 Å². The molecule has 1 heterocycles. The SMILES string of the molecule is CC(C)c1cccc(C(C)C)c1-n1n[n+](-c2c(C(C)C)cccc2C(C)C)c(-c2ccccc2)c1C1CCCCC1. The van der Waals surface area contributed by atoms with Crippen LogP contribution in [0.15, 0.2) is 66.7 Å². The Morgan fingerprint density at radius 1 is 0.610 bits per heavy atom. The van der Waals surface area contributed by atoms with Gasteiger partial charge in [-0.3, -0.25) is 0 Å². The summed E-state index contributed by atoms with van der Waals surface area (Å²) in [4.78, 5) is 0. The summed E-state index contributed by atoms with van der Waals surface area (Å²) >= 11 is 0. The van der Waals surface area contributed by atoms with Gasteiger partial charge in [0.15, 0.2) is 17.1 Å². The minimum absolute atomic E-state index is 0.386. The zero-order valence-electron chi connectivity index (χ0n) is 26.6. The summed E-state index contributed by atoms with van der Waals surface area (Å²) in [6, 6.07) is 24.8. The molecule has 1 saturated carbocycles. The molecule has 216 valence electrons. The standard InChI is InChI=1S/C38H50N3/c1-25(2)31-21-15-22-32(26(3)4)37(31)40-35(29-17-11-9-12-18-29)36(30-19-13-10-14-20-30)41(39-40)38-33(27(5)6)23-16-24-34(38)28(7)8/h9,11-12,15-18,21-28,30H,10,13-14,19-20H2,1-8H3/q+1. The van der Waals surface area contributed by atoms with Gasteiger partial charge in [0.25, 0.3) is 0 Å². The molecule has 0 amide bonds. The maximum atomic E-state index is 5.71. The largest absolute Gasteiger partial charge is 0.208 e. The average Bonchev–Trinajstić information content (AvgIpc) is 3.37. The van der Waals surface area contributed by atoms with Gasteiger partial charge in [-0.15, -0.1) is 0 Å². The summed E-state index contributed by atoms with van der Waals surface area (Å²) in [6.07, 6.45) is 6.34. The molecule has 41 heavy (non-hydrogen) atoms. The Labute approximate surface area is 248 Å². The minimum Gasteiger partial charge on any atom is -0.0971 e. The van der Waals surface area contributed by atoms with Crippen LogP contribution in [0, 0.1) is 0 Å². The summed E-state index contributed by atoms with van der Waals surface area (Å²) in [5.74, 6) is 2.04. The summed E-state index contributed by atoms with van der Waals surface area (Å²) in [5, 5.41) is 5.71. The van der Waals surface area contributed by atoms with Gasteiger partial charge in [0.2, 0.25) is 5.69 Å². The third-order valence-corrected chi connectivity index (χ3v) is 9.01. The molecule has 1 fully saturated rings. The van der Waals surface area contributed by atoms with Crippen molar-refractivity contribution in [2.24, 2.45) is 0 Å². The van der Waals surface area contributed by atoms with E-state index >= 15 is 0 Å². The van der Waals surface area contributed by atoms with Gasteiger partial charge in [-0.05, 0) is 36.5 Å². The lowest BCUT2D eigenvalue weighted by molar-refractivity contribution is -0.651. The van der Waals surface area contributed by atoms with Crippen molar-refractivity contribution in [3.05, 3.63) is 94.7 Å². The number of aromatic nitrogens is 3. The summed E-state index contributed by atoms with van der Waals surface area (Å²) in [7, 11) is 0. The average molecular weight is 549 g/mol. The quantitative estimate of drug-likeness (QED) is 0.201. The van der Waals surface area contributed by atoms with Crippen molar-refractivity contribution in [2.45, 2.75) is 117 Å². The molecule has 5 rings (SSSR count). The summed E-state index contributed by atoms with van der Waals surface area (Å²) in [6.45, 7) is 18.6. The van der Waals surface area contributed by atoms with Crippen molar-refractivity contribution in [1.82, 2.24) is 9.90 Å². The first-order chi connectivity index (χ1) is 19.7. The van der Waals surface area contributed by atoms with Crippen LogP contribution in [0.4, 0.5) is 0 Å². The van der Waals surface area contributed by atoms with Crippen LogP contribution < -0.4 is 4.68 Å². The van der Waals surface area contributed by atoms with E-state index in [0.717, 1.165) is 0 Å². The molecule has 0 aliphatic heterocycles. The molecule has 1 aliphatic carbocycles. The lowest BCUT2D eigenvalue weighted by atomic mass is 9.84. The molecule has 1 aromatic heterocycles. The van der Waals surface area contributed by atoms with Crippen LogP contribution in [0.3, 0.4) is 0 Å². The molecule has 4 aromatic rings. The summed E-state index contributed by atoms with van der Waals surface area (Å²) in [5.41, 5.74) is 11.9. The van der Waals surface area contributed by atoms with E-state index in [1.165, 1.54) is 82.7 Å². The maximum Gasteiger partial charge on any atom is 0.208 e. The highest BCUT2D eigenvalue weighted by Gasteiger charge is 2.39. The highest BCUT2D eigenvalue weighted by Crippen LogP contribution is 2.41. The Bertz CT molecular complexity index is 1410. The van der Waals surface area contributed by atoms with Crippen LogP contribution in [0.5, 0.6) is 0 Å². The highest BCUT2D eigenvalue weighted by atomic mass is 15.5. The lowest BCUT2D eigenvalue weighted by Gasteiger charge is -2.22. The zero-order valence-corrected chi connectivity index (χ0v) is 26.6. The van der Waals surface area contributed by atoms with E-state index in [0.29, 0.717) is 29.6 Å². The molecule has 0 N–H and O–H groups in total. The number of benzene rings is 3. The van der Waals surface area contributed by atoms with E-state index in [9.17, 15) is 0 Å². The Morgan fingerprint density at radius 3 is 1.59 bits per heavy atom. The topological polar surface area (TPSA) is 21.7 Å². The fraction of sp³-hybridized carbons (Fsp3) is 0.474. The maximum absolute atomic E-state index is 5.71. The Morgan fingerprint density at radius 2 is 1.10 bits per heavy atom. The normalized spacial score (nSPS) is 14.6. The smallest absolute Gasteiger partial charge is 0.0971 e. The first-order valence-corrected chi connectivity index (χ1v) is 16.1. The van der Waals surface area contributed by atoms with E-state index in [-0.39, 0.29) is 0 Å². The molecule has 0 bridgehead atoms. The number of para-hydroxylation sites is 2. The van der Waals surface area contributed by atoms with Crippen LogP contribution in [0.1, 0.15) is 145 Å². The van der Waals surface area contributed by atoms with E-state index in [1.54, 1.807) is 0 Å². The van der Waals surface area contributed by atoms with Crippen molar-refractivity contribution >= 4 is 0 Å². The molecular weight excluding hydrogens is 498 g/mol. The van der Waals surface area contributed by atoms with Crippen molar-refractivity contribution in [2.75, 3.05) is 0 Å². The van der Waals surface area contributed by atoms with Crippen molar-refractivity contribution < 1.29 is 4.68 Å². The highest BCUT2D eigenvalue weighted by molar-refractivity contribution is 5.63. The van der Waals surface area contributed by atoms with Gasteiger partial charge in [-0.25, -0.2) is 0 Å². The molecule has 0 saturated heterocycles. The monoisotopic (exact) mass is 548 g/mol. The Kier molecular flexibility index (Phi) is 8.82. The van der Waals surface area contributed by atoms with Crippen LogP contribution in [0.2, 0.25) is 0 Å². The number of hydrogen-bond donors (Lipinski definition) is 0. The zero-order chi connectivity index (χ0) is 29.3. The third-order valence-electron chi connectivity index (χ3n) is 9.01. The lowest BCUT2D eigenvalue weighted by Crippen LogP contribution is -2.39. The molecule has 0 atom stereocenters. The first kappa shape index (κ1) is 29.3. The van der Waals surface area contributed by atoms with Crippen molar-refractivity contribution in [3.63, 3.8) is 0 Å². The molecule has 3 aromatic carbocycles. The second-order valence-electron chi connectivity index (χ2n) is 13.3. The molecule has 0 radical (unpaired) electrons. The Hall–Kier alpha value is -3.20. The number of hydrogen-bond acceptors (Lipinski definition) is 1. The molecule has 0 spiro atoms. The fourth-order valence-electron chi connectivity index (χ4n) is 6.83. The second-order valence-corrected chi connectivity index (χ2v) is 13.3. The van der Waals surface area contributed by atoms with E-state index in [4.69, 9.17) is 5.21 Å². The van der Waals surface area contributed by atoms with E-state index in [2.05, 4.69) is 131 Å². The van der Waals surface area contributed by atoms with E-state index < -0.39 is 0 Å². The third kappa shape index (κ3) is 5.65. The Balaban J connectivity index is 1.98. The van der Waals surface area contributed by atoms with Crippen molar-refractivity contribution in [1.29, 1.82) is 0 Å². The van der Waals surface area contributed by atoms with Crippen LogP contribution >= 0.6 is 0 Å². The van der Waals surface area contributed by atoms with Crippen LogP contribution in [0.25, 0.3) is 22.6 Å². The van der Waals surface area contributed by atoms with Gasteiger partial charge < -0.3 is 0 Å². The second kappa shape index (κ2) is 12.3. The predicted molar refractivity (Wildman–Crippen MR) is 173 cm³/mol. The molecule has 3 heteroatoms. The molecule has 3 nitrogen and oxygen atoms in total. The van der Waals surface area contributed by atoms with Crippen LogP contribution in [-0.2, 0) is 0 Å². The predicted octanol–water partition coefficient (Wildman–Crippen LogP) is 10.4. The van der Waals surface area contributed by atoms with E-state index in [1.807, 2.05) is 0 Å². The minimum atomic E-state index is 0.386. The van der Waals surface area contributed by atoms with Gasteiger partial charge in [0.05, 0.1) is 0 Å². The fourth-order valence-corrected chi connectivity index (χ4v) is 6.83. The van der Waals surface area contributed by atoms with Gasteiger partial charge in [0, 0.05) is 33.7 Å². The molecular formula is C38H50N3+. The van der Waals surface area contributed by atoms with Gasteiger partial charge in [0.1, 0.15) is 5.21 Å². The summed E-state index contributed by atoms with van der Waals surface area (Å²) < 4.78 is 4.76. The van der Waals surface area contributed by atoms with Gasteiger partial charge >= 0.3 is 0 Å². The molecule has 0 unspecified atom stereocenters. The first-order valence-electron chi connectivity index (χ1n) is 16.1. The van der Waals surface area contributed by atoms with Crippen LogP contribution in [-0.4, -0.2) is 9.90 Å². The van der Waals surface area contributed by atoms with Crippen molar-refractivity contribution in [3.8, 4) is 22.6 Å². The molecule has 1 aliphatic rings. The van der Waals surface area contributed by atoms with Gasteiger partial charge in [-0.2, -0.15) is 0 Å².